The summed E-state index contributed by atoms with van der Waals surface area (Å²) in [6.45, 7) is -0.141. The summed E-state index contributed by atoms with van der Waals surface area (Å²) in [7, 11) is 1.37. The number of para-hydroxylation sites is 1. The topological polar surface area (TPSA) is 77.8 Å². The average molecular weight is 275 g/mol. The molecule has 0 fully saturated rings. The van der Waals surface area contributed by atoms with Crippen molar-refractivity contribution in [3.63, 3.8) is 0 Å². The summed E-state index contributed by atoms with van der Waals surface area (Å²) < 4.78 is 14.8. The van der Waals surface area contributed by atoms with E-state index in [1.54, 1.807) is 24.3 Å². The fraction of sp³-hybridized carbons (Fsp3) is 0.143. The lowest BCUT2D eigenvalue weighted by atomic mass is 10.3. The number of amides is 1. The third-order valence-electron chi connectivity index (χ3n) is 2.44. The van der Waals surface area contributed by atoms with Gasteiger partial charge >= 0.3 is 6.09 Å². The van der Waals surface area contributed by atoms with Gasteiger partial charge in [-0.3, -0.25) is 10.1 Å². The lowest BCUT2D eigenvalue weighted by Gasteiger charge is -2.06. The second-order valence-electron chi connectivity index (χ2n) is 3.85. The molecule has 1 amide bonds. The number of benzene rings is 1. The summed E-state index contributed by atoms with van der Waals surface area (Å²) in [5.41, 5.74) is 0.287. The molecule has 0 saturated carbocycles. The van der Waals surface area contributed by atoms with Crippen LogP contribution in [0, 0.1) is 0 Å². The quantitative estimate of drug-likeness (QED) is 0.927. The number of methoxy groups -OCH3 is 1. The zero-order chi connectivity index (χ0) is 14.4. The van der Waals surface area contributed by atoms with Crippen molar-refractivity contribution in [1.82, 2.24) is 0 Å². The van der Waals surface area contributed by atoms with Crippen LogP contribution in [0.2, 0.25) is 0 Å². The van der Waals surface area contributed by atoms with Crippen LogP contribution >= 0.6 is 0 Å². The number of carbonyl (C=O) groups is 1. The van der Waals surface area contributed by atoms with Crippen LogP contribution in [-0.2, 0) is 11.3 Å². The predicted octanol–water partition coefficient (Wildman–Crippen LogP) is 2.40. The van der Waals surface area contributed by atoms with Gasteiger partial charge in [0.1, 0.15) is 12.0 Å². The van der Waals surface area contributed by atoms with E-state index in [2.05, 4.69) is 5.32 Å². The lowest BCUT2D eigenvalue weighted by Crippen LogP contribution is -2.14. The maximum Gasteiger partial charge on any atom is 0.412 e. The molecule has 20 heavy (non-hydrogen) atoms. The number of hydrogen-bond donors (Lipinski definition) is 1. The van der Waals surface area contributed by atoms with E-state index in [0.717, 1.165) is 0 Å². The number of rotatable bonds is 4. The standard InChI is InChI=1S/C14H13NO5/c1-18-13-9-19-11(7-12(13)16)8-20-14(17)15-10-5-3-2-4-6-10/h2-7,9H,8H2,1H3,(H,15,17). The molecule has 0 aliphatic carbocycles. The number of nitrogens with one attached hydrogen (secondary N) is 1. The molecule has 2 aromatic rings. The Balaban J connectivity index is 1.90. The second-order valence-corrected chi connectivity index (χ2v) is 3.85. The van der Waals surface area contributed by atoms with Crippen molar-refractivity contribution in [2.75, 3.05) is 12.4 Å². The molecule has 1 heterocycles. The van der Waals surface area contributed by atoms with E-state index in [4.69, 9.17) is 13.9 Å². The Morgan fingerprint density at radius 1 is 1.30 bits per heavy atom. The molecule has 0 radical (unpaired) electrons. The van der Waals surface area contributed by atoms with Crippen LogP contribution in [0.5, 0.6) is 5.75 Å². The van der Waals surface area contributed by atoms with Crippen LogP contribution in [0.3, 0.4) is 0 Å². The first-order chi connectivity index (χ1) is 9.69. The predicted molar refractivity (Wildman–Crippen MR) is 71.8 cm³/mol. The largest absolute Gasteiger partial charge is 0.490 e. The molecule has 0 saturated heterocycles. The molecule has 0 spiro atoms. The van der Waals surface area contributed by atoms with E-state index in [1.165, 1.54) is 19.4 Å². The van der Waals surface area contributed by atoms with Crippen molar-refractivity contribution in [3.05, 3.63) is 58.6 Å². The number of anilines is 1. The monoisotopic (exact) mass is 275 g/mol. The molecule has 0 bridgehead atoms. The Labute approximate surface area is 114 Å². The fourth-order valence-electron chi connectivity index (χ4n) is 1.48. The van der Waals surface area contributed by atoms with Gasteiger partial charge in [0, 0.05) is 11.8 Å². The first-order valence-electron chi connectivity index (χ1n) is 5.83. The van der Waals surface area contributed by atoms with Crippen molar-refractivity contribution < 1.29 is 18.7 Å². The number of carbonyl (C=O) groups excluding carboxylic acids is 1. The molecule has 6 nitrogen and oxygen atoms in total. The maximum absolute atomic E-state index is 11.5. The smallest absolute Gasteiger partial charge is 0.412 e. The van der Waals surface area contributed by atoms with Crippen molar-refractivity contribution in [2.45, 2.75) is 6.61 Å². The zero-order valence-electron chi connectivity index (χ0n) is 10.8. The van der Waals surface area contributed by atoms with E-state index in [0.29, 0.717) is 5.69 Å². The third kappa shape index (κ3) is 3.61. The molecule has 1 aromatic carbocycles. The summed E-state index contributed by atoms with van der Waals surface area (Å²) in [5.74, 6) is 0.335. The van der Waals surface area contributed by atoms with Crippen molar-refractivity contribution >= 4 is 11.8 Å². The maximum atomic E-state index is 11.5. The third-order valence-corrected chi connectivity index (χ3v) is 2.44. The van der Waals surface area contributed by atoms with E-state index in [1.807, 2.05) is 6.07 Å². The minimum absolute atomic E-state index is 0.0995. The molecule has 1 N–H and O–H groups in total. The number of hydrogen-bond acceptors (Lipinski definition) is 5. The Morgan fingerprint density at radius 3 is 2.70 bits per heavy atom. The highest BCUT2D eigenvalue weighted by Gasteiger charge is 2.07. The van der Waals surface area contributed by atoms with Crippen LogP contribution in [0.4, 0.5) is 10.5 Å². The van der Waals surface area contributed by atoms with Crippen LogP contribution in [0.15, 0.2) is 51.9 Å². The van der Waals surface area contributed by atoms with Gasteiger partial charge in [-0.15, -0.1) is 0 Å². The molecule has 6 heteroatoms. The summed E-state index contributed by atoms with van der Waals surface area (Å²) >= 11 is 0. The van der Waals surface area contributed by atoms with E-state index < -0.39 is 6.09 Å². The second kappa shape index (κ2) is 6.42. The van der Waals surface area contributed by atoms with Crippen LogP contribution in [0.1, 0.15) is 5.76 Å². The van der Waals surface area contributed by atoms with Gasteiger partial charge in [-0.2, -0.15) is 0 Å². The molecule has 104 valence electrons. The Morgan fingerprint density at radius 2 is 2.05 bits per heavy atom. The highest BCUT2D eigenvalue weighted by atomic mass is 16.6. The van der Waals surface area contributed by atoms with Gasteiger partial charge in [-0.25, -0.2) is 4.79 Å². The summed E-state index contributed by atoms with van der Waals surface area (Å²) in [6, 6.07) is 10.1. The lowest BCUT2D eigenvalue weighted by molar-refractivity contribution is 0.144. The van der Waals surface area contributed by atoms with Crippen molar-refractivity contribution in [1.29, 1.82) is 0 Å². The van der Waals surface area contributed by atoms with Gasteiger partial charge in [0.2, 0.25) is 11.2 Å². The summed E-state index contributed by atoms with van der Waals surface area (Å²) in [4.78, 5) is 23.0. The molecular weight excluding hydrogens is 262 g/mol. The van der Waals surface area contributed by atoms with Gasteiger partial charge in [0.05, 0.1) is 7.11 Å². The molecule has 0 atom stereocenters. The number of ether oxygens (including phenoxy) is 2. The van der Waals surface area contributed by atoms with E-state index in [-0.39, 0.29) is 23.5 Å². The average Bonchev–Trinajstić information content (AvgIpc) is 2.46. The summed E-state index contributed by atoms with van der Waals surface area (Å²) in [6.07, 6.45) is 0.547. The SMILES string of the molecule is COc1coc(COC(=O)Nc2ccccc2)cc1=O. The van der Waals surface area contributed by atoms with E-state index >= 15 is 0 Å². The van der Waals surface area contributed by atoms with Gasteiger partial charge in [0.15, 0.2) is 6.61 Å². The first-order valence-corrected chi connectivity index (χ1v) is 5.83. The first kappa shape index (κ1) is 13.7. The van der Waals surface area contributed by atoms with Gasteiger partial charge in [-0.05, 0) is 12.1 Å². The normalized spacial score (nSPS) is 9.85. The van der Waals surface area contributed by atoms with Crippen molar-refractivity contribution in [3.8, 4) is 5.75 Å². The molecule has 1 aromatic heterocycles. The van der Waals surface area contributed by atoms with Crippen LogP contribution in [0.25, 0.3) is 0 Å². The minimum atomic E-state index is -0.630. The van der Waals surface area contributed by atoms with Gasteiger partial charge in [0.25, 0.3) is 0 Å². The Bertz CT molecular complexity index is 636. The molecule has 0 aliphatic heterocycles. The molecule has 2 rings (SSSR count). The van der Waals surface area contributed by atoms with Crippen LogP contribution in [-0.4, -0.2) is 13.2 Å². The molecule has 0 unspecified atom stereocenters. The van der Waals surface area contributed by atoms with Gasteiger partial charge < -0.3 is 13.9 Å². The van der Waals surface area contributed by atoms with E-state index in [9.17, 15) is 9.59 Å². The zero-order valence-corrected chi connectivity index (χ0v) is 10.8. The Kier molecular flexibility index (Phi) is 4.39. The summed E-state index contributed by atoms with van der Waals surface area (Å²) in [5, 5.41) is 2.54. The molecular formula is C14H13NO5. The van der Waals surface area contributed by atoms with Crippen molar-refractivity contribution in [2.24, 2.45) is 0 Å². The fourth-order valence-corrected chi connectivity index (χ4v) is 1.48. The minimum Gasteiger partial charge on any atom is -0.490 e. The highest BCUT2D eigenvalue weighted by molar-refractivity contribution is 5.84. The Hall–Kier alpha value is -2.76. The molecule has 0 aliphatic rings. The van der Waals surface area contributed by atoms with Crippen LogP contribution < -0.4 is 15.5 Å². The van der Waals surface area contributed by atoms with Gasteiger partial charge in [-0.1, -0.05) is 18.2 Å². The highest BCUT2D eigenvalue weighted by Crippen LogP contribution is 2.08.